The summed E-state index contributed by atoms with van der Waals surface area (Å²) in [6, 6.07) is 2.46. The Bertz CT molecular complexity index is 359. The number of piperidine rings is 1. The van der Waals surface area contributed by atoms with Crippen LogP contribution in [0.5, 0.6) is 5.75 Å². The maximum atomic E-state index is 5.92. The number of rotatable bonds is 3. The summed E-state index contributed by atoms with van der Waals surface area (Å²) in [4.78, 5) is 6.44. The van der Waals surface area contributed by atoms with E-state index in [0.717, 1.165) is 31.7 Å². The topological polar surface area (TPSA) is 51.4 Å². The van der Waals surface area contributed by atoms with Crippen molar-refractivity contribution in [3.63, 3.8) is 0 Å². The molecule has 0 saturated carbocycles. The Balaban J connectivity index is 1.88. The molecule has 1 aromatic rings. The molecule has 0 bridgehead atoms. The van der Waals surface area contributed by atoms with Crippen LogP contribution in [0.3, 0.4) is 0 Å². The largest absolute Gasteiger partial charge is 0.488 e. The summed E-state index contributed by atoms with van der Waals surface area (Å²) in [5.74, 6) is 0.767. The molecule has 1 saturated heterocycles. The van der Waals surface area contributed by atoms with Crippen molar-refractivity contribution in [3.8, 4) is 5.75 Å². The zero-order chi connectivity index (χ0) is 12.3. The fraction of sp³-hybridized carbons (Fsp3) is 0.615. The lowest BCUT2D eigenvalue weighted by molar-refractivity contribution is 0.0847. The molecule has 0 aliphatic carbocycles. The summed E-state index contributed by atoms with van der Waals surface area (Å²) >= 11 is 0. The molecule has 0 spiro atoms. The van der Waals surface area contributed by atoms with Gasteiger partial charge in [0.1, 0.15) is 11.9 Å². The van der Waals surface area contributed by atoms with Gasteiger partial charge in [0.15, 0.2) is 0 Å². The quantitative estimate of drug-likeness (QED) is 0.869. The average Bonchev–Trinajstić information content (AvgIpc) is 2.33. The van der Waals surface area contributed by atoms with Crippen LogP contribution >= 0.6 is 0 Å². The molecular formula is C13H21N3O. The minimum atomic E-state index is 0.287. The second-order valence-electron chi connectivity index (χ2n) is 4.86. The van der Waals surface area contributed by atoms with E-state index in [1.807, 2.05) is 6.07 Å². The first-order chi connectivity index (χ1) is 8.16. The Morgan fingerprint density at radius 2 is 2.12 bits per heavy atom. The second kappa shape index (κ2) is 5.36. The first kappa shape index (κ1) is 12.2. The fourth-order valence-electron chi connectivity index (χ4n) is 2.19. The summed E-state index contributed by atoms with van der Waals surface area (Å²) in [6.07, 6.45) is 5.78. The molecule has 0 amide bonds. The highest BCUT2D eigenvalue weighted by Crippen LogP contribution is 2.24. The Morgan fingerprint density at radius 1 is 1.41 bits per heavy atom. The van der Waals surface area contributed by atoms with Crippen molar-refractivity contribution in [2.75, 3.05) is 18.8 Å². The van der Waals surface area contributed by atoms with Gasteiger partial charge < -0.3 is 15.4 Å². The number of aromatic nitrogens is 1. The van der Waals surface area contributed by atoms with Gasteiger partial charge in [-0.3, -0.25) is 4.98 Å². The Morgan fingerprint density at radius 3 is 2.71 bits per heavy atom. The molecule has 4 nitrogen and oxygen atoms in total. The van der Waals surface area contributed by atoms with E-state index in [4.69, 9.17) is 10.5 Å². The van der Waals surface area contributed by atoms with Crippen molar-refractivity contribution in [1.29, 1.82) is 0 Å². The predicted octanol–water partition coefficient (Wildman–Crippen LogP) is 1.92. The fourth-order valence-corrected chi connectivity index (χ4v) is 2.19. The molecule has 0 radical (unpaired) electrons. The third-order valence-corrected chi connectivity index (χ3v) is 3.31. The van der Waals surface area contributed by atoms with Gasteiger partial charge in [-0.15, -0.1) is 0 Å². The summed E-state index contributed by atoms with van der Waals surface area (Å²) in [5.41, 5.74) is 6.44. The standard InChI is InChI=1S/C13H21N3O/c1-10(2)16-7-4-11(5-8-16)17-13-3-6-15-9-12(13)14/h3,6,9-11H,4-5,7-8,14H2,1-2H3. The van der Waals surface area contributed by atoms with E-state index in [-0.39, 0.29) is 6.10 Å². The molecule has 1 aliphatic heterocycles. The summed E-state index contributed by atoms with van der Waals surface area (Å²) in [6.45, 7) is 6.69. The van der Waals surface area contributed by atoms with Gasteiger partial charge in [0.2, 0.25) is 0 Å². The lowest BCUT2D eigenvalue weighted by atomic mass is 10.1. The molecular weight excluding hydrogens is 214 g/mol. The zero-order valence-corrected chi connectivity index (χ0v) is 10.6. The Labute approximate surface area is 103 Å². The second-order valence-corrected chi connectivity index (χ2v) is 4.86. The van der Waals surface area contributed by atoms with Gasteiger partial charge in [0, 0.05) is 31.4 Å². The van der Waals surface area contributed by atoms with Crippen LogP contribution in [0.4, 0.5) is 5.69 Å². The number of anilines is 1. The number of pyridine rings is 1. The predicted molar refractivity (Wildman–Crippen MR) is 69.0 cm³/mol. The van der Waals surface area contributed by atoms with Crippen LogP contribution in [0.1, 0.15) is 26.7 Å². The van der Waals surface area contributed by atoms with Crippen molar-refractivity contribution in [1.82, 2.24) is 9.88 Å². The molecule has 1 fully saturated rings. The van der Waals surface area contributed by atoms with Crippen LogP contribution in [-0.4, -0.2) is 35.1 Å². The van der Waals surface area contributed by atoms with E-state index in [2.05, 4.69) is 23.7 Å². The van der Waals surface area contributed by atoms with Gasteiger partial charge >= 0.3 is 0 Å². The lowest BCUT2D eigenvalue weighted by Crippen LogP contribution is -2.41. The SMILES string of the molecule is CC(C)N1CCC(Oc2ccncc2N)CC1. The van der Waals surface area contributed by atoms with Crippen molar-refractivity contribution < 1.29 is 4.74 Å². The highest BCUT2D eigenvalue weighted by molar-refractivity contribution is 5.49. The Hall–Kier alpha value is -1.29. The number of hydrogen-bond acceptors (Lipinski definition) is 4. The highest BCUT2D eigenvalue weighted by atomic mass is 16.5. The van der Waals surface area contributed by atoms with Crippen molar-refractivity contribution in [3.05, 3.63) is 18.5 Å². The first-order valence-electron chi connectivity index (χ1n) is 6.27. The normalized spacial score (nSPS) is 18.5. The van der Waals surface area contributed by atoms with Crippen molar-refractivity contribution in [2.45, 2.75) is 38.8 Å². The van der Waals surface area contributed by atoms with E-state index in [1.54, 1.807) is 12.4 Å². The Kier molecular flexibility index (Phi) is 3.84. The summed E-state index contributed by atoms with van der Waals surface area (Å²) in [5, 5.41) is 0. The van der Waals surface area contributed by atoms with Gasteiger partial charge in [-0.05, 0) is 26.7 Å². The van der Waals surface area contributed by atoms with Gasteiger partial charge in [-0.25, -0.2) is 0 Å². The molecule has 94 valence electrons. The third-order valence-electron chi connectivity index (χ3n) is 3.31. The van der Waals surface area contributed by atoms with Crippen molar-refractivity contribution in [2.24, 2.45) is 0 Å². The van der Waals surface area contributed by atoms with E-state index < -0.39 is 0 Å². The maximum Gasteiger partial charge on any atom is 0.145 e. The van der Waals surface area contributed by atoms with Gasteiger partial charge in [-0.1, -0.05) is 0 Å². The smallest absolute Gasteiger partial charge is 0.145 e. The van der Waals surface area contributed by atoms with Gasteiger partial charge in [0.05, 0.1) is 11.9 Å². The van der Waals surface area contributed by atoms with E-state index in [0.29, 0.717) is 11.7 Å². The number of nitrogen functional groups attached to an aromatic ring is 1. The van der Waals surface area contributed by atoms with Crippen LogP contribution in [0.15, 0.2) is 18.5 Å². The summed E-state index contributed by atoms with van der Waals surface area (Å²) < 4.78 is 5.92. The highest BCUT2D eigenvalue weighted by Gasteiger charge is 2.22. The zero-order valence-electron chi connectivity index (χ0n) is 10.6. The van der Waals surface area contributed by atoms with Gasteiger partial charge in [-0.2, -0.15) is 0 Å². The molecule has 1 aliphatic rings. The molecule has 2 N–H and O–H groups in total. The lowest BCUT2D eigenvalue weighted by Gasteiger charge is -2.34. The number of nitrogens with two attached hydrogens (primary N) is 1. The summed E-state index contributed by atoms with van der Waals surface area (Å²) in [7, 11) is 0. The van der Waals surface area contributed by atoms with Gasteiger partial charge in [0.25, 0.3) is 0 Å². The number of likely N-dealkylation sites (tertiary alicyclic amines) is 1. The van der Waals surface area contributed by atoms with Crippen LogP contribution < -0.4 is 10.5 Å². The third kappa shape index (κ3) is 3.09. The number of ether oxygens (including phenoxy) is 1. The number of hydrogen-bond donors (Lipinski definition) is 1. The molecule has 4 heteroatoms. The minimum Gasteiger partial charge on any atom is -0.488 e. The molecule has 0 unspecified atom stereocenters. The first-order valence-corrected chi connectivity index (χ1v) is 6.27. The van der Waals surface area contributed by atoms with E-state index in [9.17, 15) is 0 Å². The van der Waals surface area contributed by atoms with Crippen molar-refractivity contribution >= 4 is 5.69 Å². The molecule has 2 heterocycles. The number of nitrogens with zero attached hydrogens (tertiary/aromatic N) is 2. The molecule has 0 atom stereocenters. The van der Waals surface area contributed by atoms with Crippen LogP contribution in [0, 0.1) is 0 Å². The average molecular weight is 235 g/mol. The molecule has 0 aromatic carbocycles. The molecule has 17 heavy (non-hydrogen) atoms. The van der Waals surface area contributed by atoms with E-state index in [1.165, 1.54) is 0 Å². The molecule has 2 rings (SSSR count). The monoisotopic (exact) mass is 235 g/mol. The minimum absolute atomic E-state index is 0.287. The molecule has 1 aromatic heterocycles. The van der Waals surface area contributed by atoms with E-state index >= 15 is 0 Å². The maximum absolute atomic E-state index is 5.92. The van der Waals surface area contributed by atoms with Crippen LogP contribution in [0.2, 0.25) is 0 Å². The van der Waals surface area contributed by atoms with Crippen LogP contribution in [0.25, 0.3) is 0 Å². The van der Waals surface area contributed by atoms with Crippen LogP contribution in [-0.2, 0) is 0 Å².